The number of esters is 1. The third kappa shape index (κ3) is 1.56. The van der Waals surface area contributed by atoms with Gasteiger partial charge in [0.05, 0.1) is 12.8 Å². The Morgan fingerprint density at radius 2 is 2.44 bits per heavy atom. The van der Waals surface area contributed by atoms with Crippen molar-refractivity contribution < 1.29 is 14.3 Å². The zero-order valence-electron chi connectivity index (χ0n) is 8.71. The number of carbonyl (C=O) groups is 2. The summed E-state index contributed by atoms with van der Waals surface area (Å²) >= 11 is 0. The van der Waals surface area contributed by atoms with Crippen LogP contribution in [-0.2, 0) is 4.74 Å². The second kappa shape index (κ2) is 4.14. The molecule has 0 fully saturated rings. The van der Waals surface area contributed by atoms with Crippen molar-refractivity contribution in [3.8, 4) is 0 Å². The molecule has 0 aliphatic heterocycles. The van der Waals surface area contributed by atoms with Crippen molar-refractivity contribution in [1.29, 1.82) is 0 Å². The monoisotopic (exact) mass is 218 g/mol. The van der Waals surface area contributed by atoms with Crippen molar-refractivity contribution in [2.24, 2.45) is 0 Å². The summed E-state index contributed by atoms with van der Waals surface area (Å²) in [5.41, 5.74) is 1.20. The molecule has 0 aliphatic carbocycles. The van der Waals surface area contributed by atoms with Gasteiger partial charge in [-0.15, -0.1) is 0 Å². The van der Waals surface area contributed by atoms with Crippen LogP contribution < -0.4 is 0 Å². The number of hydrogen-bond donors (Lipinski definition) is 0. The smallest absolute Gasteiger partial charge is 0.341 e. The Balaban J connectivity index is 2.58. The molecule has 0 saturated carbocycles. The maximum Gasteiger partial charge on any atom is 0.341 e. The van der Waals surface area contributed by atoms with Crippen molar-refractivity contribution in [2.75, 3.05) is 6.61 Å². The molecule has 0 atom stereocenters. The molecular weight excluding hydrogens is 208 g/mol. The first-order valence-electron chi connectivity index (χ1n) is 4.86. The van der Waals surface area contributed by atoms with Gasteiger partial charge in [0.25, 0.3) is 0 Å². The van der Waals surface area contributed by atoms with Gasteiger partial charge in [0, 0.05) is 6.20 Å². The lowest BCUT2D eigenvalue weighted by atomic mass is 10.2. The first-order valence-corrected chi connectivity index (χ1v) is 4.86. The summed E-state index contributed by atoms with van der Waals surface area (Å²) in [5.74, 6) is -0.434. The highest BCUT2D eigenvalue weighted by atomic mass is 16.5. The van der Waals surface area contributed by atoms with E-state index >= 15 is 0 Å². The highest BCUT2D eigenvalue weighted by Gasteiger charge is 2.13. The van der Waals surface area contributed by atoms with Gasteiger partial charge in [-0.25, -0.2) is 9.78 Å². The summed E-state index contributed by atoms with van der Waals surface area (Å²) in [6.45, 7) is 2.04. The topological polar surface area (TPSA) is 60.7 Å². The molecule has 0 spiro atoms. The summed E-state index contributed by atoms with van der Waals surface area (Å²) in [6.07, 6.45) is 3.79. The standard InChI is InChI=1S/C11H10N2O3/c1-2-16-11(15)9-4-3-5-13-8(7-14)6-12-10(9)13/h3-7H,2H2,1H3. The Hall–Kier alpha value is -2.17. The van der Waals surface area contributed by atoms with Crippen molar-refractivity contribution in [3.63, 3.8) is 0 Å². The molecule has 0 N–H and O–H groups in total. The molecule has 82 valence electrons. The SMILES string of the molecule is CCOC(=O)c1cccn2c(C=O)cnc12. The number of aldehydes is 1. The van der Waals surface area contributed by atoms with E-state index in [1.54, 1.807) is 29.7 Å². The van der Waals surface area contributed by atoms with Crippen LogP contribution in [0.4, 0.5) is 0 Å². The van der Waals surface area contributed by atoms with Gasteiger partial charge in [0.1, 0.15) is 11.3 Å². The molecule has 2 aromatic heterocycles. The van der Waals surface area contributed by atoms with Gasteiger partial charge >= 0.3 is 5.97 Å². The average Bonchev–Trinajstić information content (AvgIpc) is 2.71. The largest absolute Gasteiger partial charge is 0.462 e. The maximum atomic E-state index is 11.6. The number of carbonyl (C=O) groups excluding carboxylic acids is 2. The highest BCUT2D eigenvalue weighted by molar-refractivity contribution is 5.96. The molecule has 0 radical (unpaired) electrons. The number of hydrogen-bond acceptors (Lipinski definition) is 4. The molecular formula is C11H10N2O3. The summed E-state index contributed by atoms with van der Waals surface area (Å²) < 4.78 is 6.45. The minimum Gasteiger partial charge on any atom is -0.462 e. The molecule has 5 nitrogen and oxygen atoms in total. The molecule has 0 bridgehead atoms. The molecule has 2 rings (SSSR count). The quantitative estimate of drug-likeness (QED) is 0.576. The predicted octanol–water partition coefficient (Wildman–Crippen LogP) is 1.32. The molecule has 0 saturated heterocycles. The van der Waals surface area contributed by atoms with Crippen molar-refractivity contribution in [2.45, 2.75) is 6.92 Å². The normalized spacial score (nSPS) is 10.3. The minimum atomic E-state index is -0.434. The summed E-state index contributed by atoms with van der Waals surface area (Å²) in [6, 6.07) is 3.29. The maximum absolute atomic E-state index is 11.6. The van der Waals surface area contributed by atoms with Crippen LogP contribution in [-0.4, -0.2) is 28.2 Å². The fourth-order valence-corrected chi connectivity index (χ4v) is 1.49. The zero-order chi connectivity index (χ0) is 11.5. The lowest BCUT2D eigenvalue weighted by Gasteiger charge is -2.03. The van der Waals surface area contributed by atoms with Crippen LogP contribution in [0.5, 0.6) is 0 Å². The third-order valence-electron chi connectivity index (χ3n) is 2.18. The fourth-order valence-electron chi connectivity index (χ4n) is 1.49. The van der Waals surface area contributed by atoms with Gasteiger partial charge in [0.15, 0.2) is 11.9 Å². The minimum absolute atomic E-state index is 0.307. The molecule has 5 heteroatoms. The molecule has 2 heterocycles. The Labute approximate surface area is 91.7 Å². The van der Waals surface area contributed by atoms with Crippen LogP contribution in [0.15, 0.2) is 24.5 Å². The molecule has 2 aromatic rings. The molecule has 0 amide bonds. The van der Waals surface area contributed by atoms with E-state index < -0.39 is 5.97 Å². The van der Waals surface area contributed by atoms with E-state index in [-0.39, 0.29) is 0 Å². The van der Waals surface area contributed by atoms with Crippen LogP contribution in [0.3, 0.4) is 0 Å². The van der Waals surface area contributed by atoms with Crippen LogP contribution >= 0.6 is 0 Å². The molecule has 16 heavy (non-hydrogen) atoms. The number of pyridine rings is 1. The Morgan fingerprint density at radius 3 is 3.12 bits per heavy atom. The third-order valence-corrected chi connectivity index (χ3v) is 2.18. The summed E-state index contributed by atoms with van der Waals surface area (Å²) in [4.78, 5) is 26.3. The van der Waals surface area contributed by atoms with E-state index in [0.29, 0.717) is 29.8 Å². The number of ether oxygens (including phenoxy) is 1. The van der Waals surface area contributed by atoms with E-state index in [1.165, 1.54) is 6.20 Å². The summed E-state index contributed by atoms with van der Waals surface area (Å²) in [7, 11) is 0. The van der Waals surface area contributed by atoms with E-state index in [0.717, 1.165) is 0 Å². The number of rotatable bonds is 3. The van der Waals surface area contributed by atoms with Gasteiger partial charge in [-0.05, 0) is 19.1 Å². The molecule has 0 unspecified atom stereocenters. The van der Waals surface area contributed by atoms with Crippen LogP contribution in [0.25, 0.3) is 5.65 Å². The molecule has 0 aliphatic rings. The van der Waals surface area contributed by atoms with E-state index in [9.17, 15) is 9.59 Å². The Bertz CT molecular complexity index is 545. The Kier molecular flexibility index (Phi) is 2.68. The predicted molar refractivity (Wildman–Crippen MR) is 56.5 cm³/mol. The lowest BCUT2D eigenvalue weighted by Crippen LogP contribution is -2.07. The second-order valence-electron chi connectivity index (χ2n) is 3.14. The lowest BCUT2D eigenvalue weighted by molar-refractivity contribution is 0.0528. The van der Waals surface area contributed by atoms with Crippen LogP contribution in [0, 0.1) is 0 Å². The van der Waals surface area contributed by atoms with Gasteiger partial charge < -0.3 is 4.74 Å². The average molecular weight is 218 g/mol. The van der Waals surface area contributed by atoms with Crippen LogP contribution in [0.2, 0.25) is 0 Å². The van der Waals surface area contributed by atoms with E-state index in [4.69, 9.17) is 4.74 Å². The van der Waals surface area contributed by atoms with E-state index in [2.05, 4.69) is 4.98 Å². The van der Waals surface area contributed by atoms with Gasteiger partial charge in [0.2, 0.25) is 0 Å². The summed E-state index contributed by atoms with van der Waals surface area (Å²) in [5, 5.41) is 0. The zero-order valence-corrected chi connectivity index (χ0v) is 8.71. The van der Waals surface area contributed by atoms with Gasteiger partial charge in [-0.3, -0.25) is 9.20 Å². The van der Waals surface area contributed by atoms with E-state index in [1.807, 2.05) is 0 Å². The van der Waals surface area contributed by atoms with Gasteiger partial charge in [-0.2, -0.15) is 0 Å². The number of imidazole rings is 1. The first-order chi connectivity index (χ1) is 7.77. The highest BCUT2D eigenvalue weighted by Crippen LogP contribution is 2.12. The molecule has 0 aromatic carbocycles. The second-order valence-corrected chi connectivity index (χ2v) is 3.14. The fraction of sp³-hybridized carbons (Fsp3) is 0.182. The number of fused-ring (bicyclic) bond motifs is 1. The van der Waals surface area contributed by atoms with Gasteiger partial charge in [-0.1, -0.05) is 0 Å². The Morgan fingerprint density at radius 1 is 1.62 bits per heavy atom. The van der Waals surface area contributed by atoms with Crippen LogP contribution in [0.1, 0.15) is 27.8 Å². The number of aromatic nitrogens is 2. The van der Waals surface area contributed by atoms with Crippen molar-refractivity contribution >= 4 is 17.9 Å². The van der Waals surface area contributed by atoms with Crippen molar-refractivity contribution in [3.05, 3.63) is 35.8 Å². The number of nitrogens with zero attached hydrogens (tertiary/aromatic N) is 2. The first kappa shape index (κ1) is 10.4. The van der Waals surface area contributed by atoms with Crippen molar-refractivity contribution in [1.82, 2.24) is 9.38 Å².